The van der Waals surface area contributed by atoms with Gasteiger partial charge < -0.3 is 14.1 Å². The van der Waals surface area contributed by atoms with E-state index in [0.717, 1.165) is 35.6 Å². The predicted octanol–water partition coefficient (Wildman–Crippen LogP) is 2.63. The van der Waals surface area contributed by atoms with E-state index >= 15 is 0 Å². The maximum Gasteiger partial charge on any atom is 0.166 e. The van der Waals surface area contributed by atoms with Gasteiger partial charge >= 0.3 is 0 Å². The second-order valence-electron chi connectivity index (χ2n) is 4.49. The minimum absolute atomic E-state index is 0.460. The van der Waals surface area contributed by atoms with Crippen LogP contribution in [0, 0.1) is 11.3 Å². The summed E-state index contributed by atoms with van der Waals surface area (Å²) < 4.78 is 7.30. The molecule has 5 heteroatoms. The summed E-state index contributed by atoms with van der Waals surface area (Å²) in [5.74, 6) is 1.79. The van der Waals surface area contributed by atoms with Crippen molar-refractivity contribution in [2.75, 3.05) is 12.4 Å². The smallest absolute Gasteiger partial charge is 0.166 e. The molecule has 0 aliphatic heterocycles. The summed E-state index contributed by atoms with van der Waals surface area (Å²) in [6.07, 6.45) is 5.11. The number of hydrogen-bond donors (Lipinski definition) is 1. The molecule has 0 aromatic carbocycles. The Morgan fingerprint density at radius 3 is 2.95 bits per heavy atom. The number of furan rings is 1. The number of fused-ring (bicyclic) bond motifs is 1. The summed E-state index contributed by atoms with van der Waals surface area (Å²) in [4.78, 5) is 4.42. The number of nitrogens with zero attached hydrogens (tertiary/aromatic N) is 3. The van der Waals surface area contributed by atoms with Crippen LogP contribution in [0.5, 0.6) is 0 Å². The molecule has 3 rings (SSSR count). The first-order chi connectivity index (χ1) is 9.81. The zero-order valence-electron chi connectivity index (χ0n) is 11.1. The zero-order chi connectivity index (χ0) is 13.9. The third-order valence-electron chi connectivity index (χ3n) is 3.28. The highest BCUT2D eigenvalue weighted by Crippen LogP contribution is 2.18. The molecule has 0 saturated carbocycles. The van der Waals surface area contributed by atoms with Gasteiger partial charge in [0.15, 0.2) is 5.69 Å². The number of pyridine rings is 1. The second kappa shape index (κ2) is 5.10. The Labute approximate surface area is 116 Å². The monoisotopic (exact) mass is 266 g/mol. The predicted molar refractivity (Wildman–Crippen MR) is 75.6 cm³/mol. The molecule has 0 bridgehead atoms. The highest BCUT2D eigenvalue weighted by Gasteiger charge is 2.11. The number of hydrogen-bond acceptors (Lipinski definition) is 4. The first-order valence-corrected chi connectivity index (χ1v) is 6.43. The molecule has 0 aliphatic rings. The van der Waals surface area contributed by atoms with Gasteiger partial charge in [0.2, 0.25) is 0 Å². The van der Waals surface area contributed by atoms with Crippen molar-refractivity contribution in [1.29, 1.82) is 5.26 Å². The largest absolute Gasteiger partial charge is 0.469 e. The third-order valence-corrected chi connectivity index (χ3v) is 3.28. The fourth-order valence-electron chi connectivity index (χ4n) is 2.24. The Hall–Kier alpha value is -2.74. The standard InChI is InChI=1S/C15H14N4O/c1-17-11-4-6-14-13(9-16)18-15(19(14)10-11)7-5-12-3-2-8-20-12/h2-4,6,8,10,17H,5,7H2,1H3. The van der Waals surface area contributed by atoms with Gasteiger partial charge in [-0.2, -0.15) is 5.26 Å². The molecular formula is C15H14N4O. The van der Waals surface area contributed by atoms with Crippen LogP contribution in [0.3, 0.4) is 0 Å². The molecular weight excluding hydrogens is 252 g/mol. The van der Waals surface area contributed by atoms with Gasteiger partial charge in [-0.3, -0.25) is 0 Å². The number of aryl methyl sites for hydroxylation is 2. The Balaban J connectivity index is 1.98. The van der Waals surface area contributed by atoms with Crippen LogP contribution < -0.4 is 5.32 Å². The van der Waals surface area contributed by atoms with Crippen molar-refractivity contribution in [3.05, 3.63) is 54.0 Å². The summed E-state index contributed by atoms with van der Waals surface area (Å²) in [6, 6.07) is 9.81. The van der Waals surface area contributed by atoms with Gasteiger partial charge in [-0.05, 0) is 24.3 Å². The molecule has 100 valence electrons. The van der Waals surface area contributed by atoms with Crippen LogP contribution in [0.25, 0.3) is 5.52 Å². The van der Waals surface area contributed by atoms with E-state index < -0.39 is 0 Å². The average molecular weight is 266 g/mol. The number of nitrogens with one attached hydrogen (secondary N) is 1. The molecule has 5 nitrogen and oxygen atoms in total. The first kappa shape index (κ1) is 12.3. The highest BCUT2D eigenvalue weighted by atomic mass is 16.3. The Bertz CT molecular complexity index is 765. The van der Waals surface area contributed by atoms with E-state index in [1.54, 1.807) is 6.26 Å². The summed E-state index contributed by atoms with van der Waals surface area (Å²) in [5.41, 5.74) is 2.28. The summed E-state index contributed by atoms with van der Waals surface area (Å²) >= 11 is 0. The SMILES string of the molecule is CNc1ccc2c(C#N)nc(CCc3ccco3)n2c1. The van der Waals surface area contributed by atoms with Gasteiger partial charge in [0.1, 0.15) is 17.7 Å². The van der Waals surface area contributed by atoms with Crippen LogP contribution in [0.15, 0.2) is 41.1 Å². The lowest BCUT2D eigenvalue weighted by Crippen LogP contribution is -1.99. The minimum Gasteiger partial charge on any atom is -0.469 e. The molecule has 0 radical (unpaired) electrons. The van der Waals surface area contributed by atoms with Crippen molar-refractivity contribution >= 4 is 11.2 Å². The van der Waals surface area contributed by atoms with Crippen molar-refractivity contribution < 1.29 is 4.42 Å². The first-order valence-electron chi connectivity index (χ1n) is 6.43. The second-order valence-corrected chi connectivity index (χ2v) is 4.49. The molecule has 20 heavy (non-hydrogen) atoms. The van der Waals surface area contributed by atoms with Gasteiger partial charge in [0.05, 0.1) is 17.5 Å². The van der Waals surface area contributed by atoms with E-state index in [4.69, 9.17) is 9.68 Å². The number of imidazole rings is 1. The molecule has 3 aromatic rings. The molecule has 0 unspecified atom stereocenters. The normalized spacial score (nSPS) is 10.6. The molecule has 0 amide bonds. The Morgan fingerprint density at radius 1 is 1.35 bits per heavy atom. The lowest BCUT2D eigenvalue weighted by Gasteiger charge is -2.04. The van der Waals surface area contributed by atoms with Crippen molar-refractivity contribution in [1.82, 2.24) is 9.38 Å². The van der Waals surface area contributed by atoms with Crippen molar-refractivity contribution in [2.45, 2.75) is 12.8 Å². The fourth-order valence-corrected chi connectivity index (χ4v) is 2.24. The molecule has 0 saturated heterocycles. The number of rotatable bonds is 4. The summed E-state index contributed by atoms with van der Waals surface area (Å²) in [7, 11) is 1.87. The van der Waals surface area contributed by atoms with Gasteiger partial charge in [0.25, 0.3) is 0 Å². The van der Waals surface area contributed by atoms with E-state index in [1.165, 1.54) is 0 Å². The van der Waals surface area contributed by atoms with E-state index in [2.05, 4.69) is 16.4 Å². The molecule has 3 aromatic heterocycles. The highest BCUT2D eigenvalue weighted by molar-refractivity contribution is 5.62. The lowest BCUT2D eigenvalue weighted by atomic mass is 10.2. The molecule has 1 N–H and O–H groups in total. The van der Waals surface area contributed by atoms with E-state index in [1.807, 2.05) is 41.9 Å². The maximum absolute atomic E-state index is 9.17. The molecule has 0 spiro atoms. The molecule has 0 atom stereocenters. The third kappa shape index (κ3) is 2.12. The minimum atomic E-state index is 0.460. The van der Waals surface area contributed by atoms with Crippen LogP contribution in [0.2, 0.25) is 0 Å². The summed E-state index contributed by atoms with van der Waals surface area (Å²) in [6.45, 7) is 0. The summed E-state index contributed by atoms with van der Waals surface area (Å²) in [5, 5.41) is 12.3. The van der Waals surface area contributed by atoms with Gasteiger partial charge in [0, 0.05) is 26.1 Å². The van der Waals surface area contributed by atoms with Crippen LogP contribution >= 0.6 is 0 Å². The van der Waals surface area contributed by atoms with E-state index in [0.29, 0.717) is 5.69 Å². The van der Waals surface area contributed by atoms with E-state index in [9.17, 15) is 0 Å². The van der Waals surface area contributed by atoms with Crippen LogP contribution in [-0.4, -0.2) is 16.4 Å². The number of aromatic nitrogens is 2. The average Bonchev–Trinajstić information content (AvgIpc) is 3.12. The van der Waals surface area contributed by atoms with Gasteiger partial charge in [-0.1, -0.05) is 0 Å². The van der Waals surface area contributed by atoms with Gasteiger partial charge in [-0.25, -0.2) is 4.98 Å². The fraction of sp³-hybridized carbons (Fsp3) is 0.200. The van der Waals surface area contributed by atoms with Gasteiger partial charge in [-0.15, -0.1) is 0 Å². The van der Waals surface area contributed by atoms with E-state index in [-0.39, 0.29) is 0 Å². The molecule has 0 aliphatic carbocycles. The topological polar surface area (TPSA) is 66.3 Å². The van der Waals surface area contributed by atoms with Crippen LogP contribution in [0.4, 0.5) is 5.69 Å². The molecule has 0 fully saturated rings. The Morgan fingerprint density at radius 2 is 2.25 bits per heavy atom. The van der Waals surface area contributed by atoms with Crippen LogP contribution in [0.1, 0.15) is 17.3 Å². The zero-order valence-corrected chi connectivity index (χ0v) is 11.1. The maximum atomic E-state index is 9.17. The van der Waals surface area contributed by atoms with Crippen molar-refractivity contribution in [3.8, 4) is 6.07 Å². The lowest BCUT2D eigenvalue weighted by molar-refractivity contribution is 0.506. The van der Waals surface area contributed by atoms with Crippen LogP contribution in [-0.2, 0) is 12.8 Å². The quantitative estimate of drug-likeness (QED) is 0.788. The number of nitriles is 1. The van der Waals surface area contributed by atoms with Crippen molar-refractivity contribution in [2.24, 2.45) is 0 Å². The Kier molecular flexibility index (Phi) is 3.13. The van der Waals surface area contributed by atoms with Crippen molar-refractivity contribution in [3.63, 3.8) is 0 Å². The number of anilines is 1. The molecule has 3 heterocycles.